The average molecular weight is 375 g/mol. The third-order valence-corrected chi connectivity index (χ3v) is 4.92. The van der Waals surface area contributed by atoms with E-state index in [0.717, 1.165) is 0 Å². The van der Waals surface area contributed by atoms with Crippen LogP contribution in [0.15, 0.2) is 22.7 Å². The molecule has 2 rings (SSSR count). The van der Waals surface area contributed by atoms with Crippen molar-refractivity contribution in [1.29, 1.82) is 0 Å². The number of Topliss-reactive ketones (excluding diaryl/α,β-unsaturated/α-hetero) is 1. The average Bonchev–Trinajstić information content (AvgIpc) is 2.67. The van der Waals surface area contributed by atoms with Crippen LogP contribution in [0.3, 0.4) is 0 Å². The molecule has 1 aromatic carbocycles. The number of ketones is 1. The molecular weight excluding hydrogens is 360 g/mol. The van der Waals surface area contributed by atoms with Gasteiger partial charge in [0, 0.05) is 28.9 Å². The number of rotatable bonds is 4. The topological polar surface area (TPSA) is 97.5 Å². The summed E-state index contributed by atoms with van der Waals surface area (Å²) in [6.45, 7) is 1.72. The van der Waals surface area contributed by atoms with Crippen LogP contribution in [-0.4, -0.2) is 32.4 Å². The lowest BCUT2D eigenvalue weighted by Crippen LogP contribution is -2.27. The van der Waals surface area contributed by atoms with Crippen LogP contribution >= 0.6 is 15.9 Å². The highest BCUT2D eigenvalue weighted by molar-refractivity contribution is 9.10. The Hall–Kier alpha value is -1.25. The van der Waals surface area contributed by atoms with Gasteiger partial charge in [0.2, 0.25) is 15.9 Å². The summed E-state index contributed by atoms with van der Waals surface area (Å²) in [5.41, 5.74) is 1.07. The summed E-state index contributed by atoms with van der Waals surface area (Å²) in [4.78, 5) is 25.0. The third-order valence-electron chi connectivity index (χ3n) is 3.32. The van der Waals surface area contributed by atoms with Crippen molar-refractivity contribution in [3.05, 3.63) is 28.2 Å². The normalized spacial score (nSPS) is 19.1. The molecule has 0 radical (unpaired) electrons. The summed E-state index contributed by atoms with van der Waals surface area (Å²) in [6, 6.07) is 4.99. The van der Waals surface area contributed by atoms with E-state index in [9.17, 15) is 18.0 Å². The minimum Gasteiger partial charge on any atom is -0.311 e. The summed E-state index contributed by atoms with van der Waals surface area (Å²) < 4.78 is 23.0. The smallest absolute Gasteiger partial charge is 0.227 e. The van der Waals surface area contributed by atoms with Crippen molar-refractivity contribution in [2.45, 2.75) is 13.3 Å². The number of anilines is 1. The van der Waals surface area contributed by atoms with Gasteiger partial charge in [-0.05, 0) is 35.0 Å². The fraction of sp³-hybridized carbons (Fsp3) is 0.385. The number of primary sulfonamides is 1. The van der Waals surface area contributed by atoms with Gasteiger partial charge in [-0.25, -0.2) is 13.6 Å². The predicted octanol–water partition coefficient (Wildman–Crippen LogP) is 1.29. The number of amides is 1. The van der Waals surface area contributed by atoms with Crippen LogP contribution in [0.1, 0.15) is 23.7 Å². The zero-order valence-electron chi connectivity index (χ0n) is 11.4. The molecule has 8 heteroatoms. The summed E-state index contributed by atoms with van der Waals surface area (Å²) in [5.74, 6) is -0.832. The van der Waals surface area contributed by atoms with Gasteiger partial charge in [0.05, 0.1) is 11.4 Å². The number of carbonyl (C=O) groups is 2. The summed E-state index contributed by atoms with van der Waals surface area (Å²) >= 11 is 3.35. The van der Waals surface area contributed by atoms with Crippen molar-refractivity contribution in [2.24, 2.45) is 11.1 Å². The Morgan fingerprint density at radius 1 is 1.48 bits per heavy atom. The Morgan fingerprint density at radius 3 is 2.71 bits per heavy atom. The molecule has 0 spiro atoms. The molecule has 1 aliphatic rings. The molecule has 0 aliphatic carbocycles. The molecule has 1 heterocycles. The first-order chi connectivity index (χ1) is 9.67. The number of benzene rings is 1. The van der Waals surface area contributed by atoms with Gasteiger partial charge in [0.1, 0.15) is 0 Å². The van der Waals surface area contributed by atoms with Crippen molar-refractivity contribution in [2.75, 3.05) is 17.2 Å². The standard InChI is InChI=1S/C13H15BrN2O4S/c1-8(17)10-2-3-11(14)12(5-10)16-6-9(4-13(16)18)7-21(15,19)20/h2-3,5,9H,4,6-7H2,1H3,(H2,15,19,20). The second-order valence-electron chi connectivity index (χ2n) is 5.13. The molecule has 2 N–H and O–H groups in total. The Morgan fingerprint density at radius 2 is 2.14 bits per heavy atom. The number of hydrogen-bond donors (Lipinski definition) is 1. The first kappa shape index (κ1) is 16.1. The van der Waals surface area contributed by atoms with Gasteiger partial charge < -0.3 is 4.90 Å². The monoisotopic (exact) mass is 374 g/mol. The van der Waals surface area contributed by atoms with E-state index >= 15 is 0 Å². The van der Waals surface area contributed by atoms with Crippen molar-refractivity contribution >= 4 is 43.3 Å². The lowest BCUT2D eigenvalue weighted by atomic mass is 10.1. The fourth-order valence-corrected chi connectivity index (χ4v) is 3.73. The van der Waals surface area contributed by atoms with E-state index < -0.39 is 10.0 Å². The number of nitrogens with zero attached hydrogens (tertiary/aromatic N) is 1. The van der Waals surface area contributed by atoms with Crippen molar-refractivity contribution in [3.63, 3.8) is 0 Å². The Balaban J connectivity index is 2.28. The fourth-order valence-electron chi connectivity index (χ4n) is 2.39. The maximum absolute atomic E-state index is 12.1. The van der Waals surface area contributed by atoms with Crippen LogP contribution in [0.2, 0.25) is 0 Å². The molecule has 1 aliphatic heterocycles. The van der Waals surface area contributed by atoms with Crippen LogP contribution in [0.5, 0.6) is 0 Å². The SMILES string of the molecule is CC(=O)c1ccc(Br)c(N2CC(CS(N)(=O)=O)CC2=O)c1. The number of halogens is 1. The number of hydrogen-bond acceptors (Lipinski definition) is 4. The Labute approximate surface area is 131 Å². The Kier molecular flexibility index (Phi) is 4.50. The van der Waals surface area contributed by atoms with Crippen LogP contribution in [0, 0.1) is 5.92 Å². The van der Waals surface area contributed by atoms with Gasteiger partial charge in [-0.2, -0.15) is 0 Å². The van der Waals surface area contributed by atoms with Gasteiger partial charge in [0.15, 0.2) is 5.78 Å². The molecule has 1 aromatic rings. The minimum absolute atomic E-state index is 0.100. The van der Waals surface area contributed by atoms with E-state index in [1.165, 1.54) is 11.8 Å². The van der Waals surface area contributed by atoms with Gasteiger partial charge in [-0.3, -0.25) is 9.59 Å². The van der Waals surface area contributed by atoms with E-state index in [4.69, 9.17) is 5.14 Å². The summed E-state index contributed by atoms with van der Waals surface area (Å²) in [5, 5.41) is 5.03. The first-order valence-electron chi connectivity index (χ1n) is 6.28. The van der Waals surface area contributed by atoms with E-state index in [1.54, 1.807) is 18.2 Å². The molecule has 6 nitrogen and oxygen atoms in total. The molecule has 114 valence electrons. The quantitative estimate of drug-likeness (QED) is 0.802. The maximum Gasteiger partial charge on any atom is 0.227 e. The molecule has 1 atom stereocenters. The molecule has 21 heavy (non-hydrogen) atoms. The number of carbonyl (C=O) groups excluding carboxylic acids is 2. The Bertz CT molecular complexity index is 702. The summed E-state index contributed by atoms with van der Waals surface area (Å²) in [7, 11) is -3.61. The molecular formula is C13H15BrN2O4S. The summed E-state index contributed by atoms with van der Waals surface area (Å²) in [6.07, 6.45) is 0.132. The minimum atomic E-state index is -3.61. The van der Waals surface area contributed by atoms with E-state index in [-0.39, 0.29) is 36.3 Å². The van der Waals surface area contributed by atoms with Crippen molar-refractivity contribution in [3.8, 4) is 0 Å². The number of nitrogens with two attached hydrogens (primary N) is 1. The van der Waals surface area contributed by atoms with Gasteiger partial charge >= 0.3 is 0 Å². The van der Waals surface area contributed by atoms with Crippen molar-refractivity contribution in [1.82, 2.24) is 0 Å². The van der Waals surface area contributed by atoms with Crippen LogP contribution in [0.4, 0.5) is 5.69 Å². The lowest BCUT2D eigenvalue weighted by Gasteiger charge is -2.19. The molecule has 0 saturated carbocycles. The van der Waals surface area contributed by atoms with Gasteiger partial charge in [-0.15, -0.1) is 0 Å². The lowest BCUT2D eigenvalue weighted by molar-refractivity contribution is -0.117. The highest BCUT2D eigenvalue weighted by Gasteiger charge is 2.33. The van der Waals surface area contributed by atoms with Crippen molar-refractivity contribution < 1.29 is 18.0 Å². The molecule has 1 unspecified atom stereocenters. The van der Waals surface area contributed by atoms with Gasteiger partial charge in [0.25, 0.3) is 0 Å². The predicted molar refractivity (Wildman–Crippen MR) is 82.6 cm³/mol. The zero-order chi connectivity index (χ0) is 15.8. The maximum atomic E-state index is 12.1. The second kappa shape index (κ2) is 5.86. The highest BCUT2D eigenvalue weighted by Crippen LogP contribution is 2.32. The van der Waals surface area contributed by atoms with Crippen LogP contribution in [-0.2, 0) is 14.8 Å². The largest absolute Gasteiger partial charge is 0.311 e. The van der Waals surface area contributed by atoms with E-state index in [0.29, 0.717) is 15.7 Å². The zero-order valence-corrected chi connectivity index (χ0v) is 13.8. The van der Waals surface area contributed by atoms with Crippen LogP contribution in [0.25, 0.3) is 0 Å². The first-order valence-corrected chi connectivity index (χ1v) is 8.79. The molecule has 1 saturated heterocycles. The molecule has 1 fully saturated rings. The van der Waals surface area contributed by atoms with E-state index in [2.05, 4.69) is 15.9 Å². The van der Waals surface area contributed by atoms with E-state index in [1.807, 2.05) is 0 Å². The third kappa shape index (κ3) is 3.90. The second-order valence-corrected chi connectivity index (χ2v) is 7.64. The highest BCUT2D eigenvalue weighted by atomic mass is 79.9. The molecule has 0 bridgehead atoms. The molecule has 1 amide bonds. The number of sulfonamides is 1. The molecule has 0 aromatic heterocycles. The van der Waals surface area contributed by atoms with Gasteiger partial charge in [-0.1, -0.05) is 6.07 Å². The van der Waals surface area contributed by atoms with Crippen LogP contribution < -0.4 is 10.0 Å².